The fourth-order valence-corrected chi connectivity index (χ4v) is 3.62. The van der Waals surface area contributed by atoms with Gasteiger partial charge in [0.15, 0.2) is 5.96 Å². The van der Waals surface area contributed by atoms with Gasteiger partial charge in [-0.3, -0.25) is 9.89 Å². The first-order valence-corrected chi connectivity index (χ1v) is 10.1. The van der Waals surface area contributed by atoms with Gasteiger partial charge in [-0.1, -0.05) is 26.0 Å². The van der Waals surface area contributed by atoms with Crippen molar-refractivity contribution in [1.82, 2.24) is 20.4 Å². The molecule has 1 saturated heterocycles. The van der Waals surface area contributed by atoms with E-state index in [1.54, 1.807) is 19.2 Å². The molecule has 1 fully saturated rings. The van der Waals surface area contributed by atoms with E-state index in [1.165, 1.54) is 6.07 Å². The Hall–Kier alpha value is -0.970. The molecule has 0 radical (unpaired) electrons. The molecule has 2 atom stereocenters. The molecule has 0 amide bonds. The number of guanidine groups is 1. The maximum atomic E-state index is 13.6. The zero-order valence-corrected chi connectivity index (χ0v) is 20.7. The fourth-order valence-electron chi connectivity index (χ4n) is 3.62. The molecule has 1 aliphatic heterocycles. The van der Waals surface area contributed by atoms with E-state index in [0.29, 0.717) is 18.5 Å². The summed E-state index contributed by atoms with van der Waals surface area (Å²) in [5.41, 5.74) is 0.946. The van der Waals surface area contributed by atoms with E-state index in [4.69, 9.17) is 4.74 Å². The molecular formula is C21H37FIN5O. The minimum Gasteiger partial charge on any atom is -0.379 e. The van der Waals surface area contributed by atoms with Gasteiger partial charge in [0.2, 0.25) is 0 Å². The van der Waals surface area contributed by atoms with Gasteiger partial charge in [0, 0.05) is 39.3 Å². The van der Waals surface area contributed by atoms with Crippen molar-refractivity contribution in [2.24, 2.45) is 10.9 Å². The zero-order valence-electron chi connectivity index (χ0n) is 18.3. The highest BCUT2D eigenvalue weighted by Crippen LogP contribution is 2.18. The van der Waals surface area contributed by atoms with Crippen LogP contribution >= 0.6 is 24.0 Å². The molecule has 6 nitrogen and oxygen atoms in total. The number of aliphatic imine (C=N–C) groups is 1. The summed E-state index contributed by atoms with van der Waals surface area (Å²) >= 11 is 0. The normalized spacial score (nSPS) is 17.7. The smallest absolute Gasteiger partial charge is 0.191 e. The van der Waals surface area contributed by atoms with Gasteiger partial charge in [-0.15, -0.1) is 24.0 Å². The number of nitrogens with zero attached hydrogens (tertiary/aromatic N) is 3. The van der Waals surface area contributed by atoms with Crippen LogP contribution in [-0.2, 0) is 4.74 Å². The van der Waals surface area contributed by atoms with E-state index < -0.39 is 0 Å². The van der Waals surface area contributed by atoms with Crippen LogP contribution in [0.1, 0.15) is 25.5 Å². The molecule has 0 spiro atoms. The van der Waals surface area contributed by atoms with Crippen molar-refractivity contribution in [2.75, 3.05) is 60.5 Å². The highest BCUT2D eigenvalue weighted by atomic mass is 127. The average Bonchev–Trinajstić information content (AvgIpc) is 2.67. The van der Waals surface area contributed by atoms with E-state index in [1.807, 2.05) is 20.2 Å². The zero-order chi connectivity index (χ0) is 20.5. The number of rotatable bonds is 8. The lowest BCUT2D eigenvalue weighted by molar-refractivity contribution is 0.00752. The minimum atomic E-state index is -0.211. The second kappa shape index (κ2) is 13.4. The largest absolute Gasteiger partial charge is 0.379 e. The molecule has 2 unspecified atom stereocenters. The first kappa shape index (κ1) is 26.1. The monoisotopic (exact) mass is 521 g/mol. The topological polar surface area (TPSA) is 52.1 Å². The first-order valence-electron chi connectivity index (χ1n) is 10.1. The highest BCUT2D eigenvalue weighted by Gasteiger charge is 2.24. The van der Waals surface area contributed by atoms with Gasteiger partial charge in [-0.25, -0.2) is 4.39 Å². The third-order valence-corrected chi connectivity index (χ3v) is 5.31. The van der Waals surface area contributed by atoms with Crippen LogP contribution in [0, 0.1) is 11.7 Å². The van der Waals surface area contributed by atoms with Gasteiger partial charge in [-0.05, 0) is 37.7 Å². The second-order valence-electron chi connectivity index (χ2n) is 7.83. The lowest BCUT2D eigenvalue weighted by atomic mass is 10.0. The van der Waals surface area contributed by atoms with Gasteiger partial charge in [0.1, 0.15) is 5.82 Å². The van der Waals surface area contributed by atoms with Crippen LogP contribution in [-0.4, -0.2) is 82.3 Å². The van der Waals surface area contributed by atoms with E-state index in [0.717, 1.165) is 44.4 Å². The summed E-state index contributed by atoms with van der Waals surface area (Å²) in [6, 6.07) is 7.25. The first-order chi connectivity index (χ1) is 13.4. The maximum absolute atomic E-state index is 13.6. The Morgan fingerprint density at radius 2 is 1.86 bits per heavy atom. The molecule has 2 rings (SSSR count). The minimum absolute atomic E-state index is 0. The van der Waals surface area contributed by atoms with E-state index in [2.05, 4.69) is 39.3 Å². The van der Waals surface area contributed by atoms with E-state index in [-0.39, 0.29) is 35.8 Å². The molecule has 1 aromatic rings. The number of nitrogens with one attached hydrogen (secondary N) is 2. The Balaban J connectivity index is 0.00000420. The third-order valence-electron chi connectivity index (χ3n) is 5.31. The maximum Gasteiger partial charge on any atom is 0.191 e. The molecule has 1 aliphatic rings. The van der Waals surface area contributed by atoms with E-state index >= 15 is 0 Å². The van der Waals surface area contributed by atoms with Crippen molar-refractivity contribution in [2.45, 2.75) is 25.9 Å². The number of ether oxygens (including phenoxy) is 1. The van der Waals surface area contributed by atoms with Crippen LogP contribution in [0.2, 0.25) is 0 Å². The number of hydrogen-bond acceptors (Lipinski definition) is 4. The van der Waals surface area contributed by atoms with Gasteiger partial charge in [0.25, 0.3) is 0 Å². The Morgan fingerprint density at radius 1 is 1.21 bits per heavy atom. The Bertz CT molecular complexity index is 623. The van der Waals surface area contributed by atoms with Crippen LogP contribution in [0.3, 0.4) is 0 Å². The number of hydrogen-bond donors (Lipinski definition) is 2. The average molecular weight is 521 g/mol. The number of likely N-dealkylation sites (N-methyl/N-ethyl adjacent to an activating group) is 1. The summed E-state index contributed by atoms with van der Waals surface area (Å²) in [5.74, 6) is 1.09. The predicted molar refractivity (Wildman–Crippen MR) is 129 cm³/mol. The van der Waals surface area contributed by atoms with Crippen LogP contribution in [0.15, 0.2) is 29.3 Å². The molecule has 29 heavy (non-hydrogen) atoms. The van der Waals surface area contributed by atoms with Crippen molar-refractivity contribution in [1.29, 1.82) is 0 Å². The molecule has 1 aromatic carbocycles. The lowest BCUT2D eigenvalue weighted by Gasteiger charge is -2.37. The molecule has 0 aliphatic carbocycles. The Kier molecular flexibility index (Phi) is 12.0. The van der Waals surface area contributed by atoms with Gasteiger partial charge in [-0.2, -0.15) is 0 Å². The fraction of sp³-hybridized carbons (Fsp3) is 0.667. The molecule has 1 heterocycles. The molecule has 8 heteroatoms. The Labute approximate surface area is 192 Å². The third kappa shape index (κ3) is 8.35. The van der Waals surface area contributed by atoms with Crippen LogP contribution < -0.4 is 10.6 Å². The second-order valence-corrected chi connectivity index (χ2v) is 7.83. The summed E-state index contributed by atoms with van der Waals surface area (Å²) in [7, 11) is 5.78. The molecule has 166 valence electrons. The summed E-state index contributed by atoms with van der Waals surface area (Å²) in [5, 5.41) is 6.87. The number of benzene rings is 1. The van der Waals surface area contributed by atoms with E-state index in [9.17, 15) is 4.39 Å². The standard InChI is InChI=1S/C21H36FN5O.HI/c1-16(2)19(27-9-11-28-12-10-27)14-24-21(23-3)25-15-20(26(4)5)17-7-6-8-18(22)13-17;/h6-8,13,16,19-20H,9-12,14-15H2,1-5H3,(H2,23,24,25);1H. The molecule has 2 N–H and O–H groups in total. The number of morpholine rings is 1. The van der Waals surface area contributed by atoms with Crippen molar-refractivity contribution >= 4 is 29.9 Å². The quantitative estimate of drug-likeness (QED) is 0.313. The van der Waals surface area contributed by atoms with Crippen molar-refractivity contribution in [3.8, 4) is 0 Å². The van der Waals surface area contributed by atoms with Crippen molar-refractivity contribution in [3.63, 3.8) is 0 Å². The van der Waals surface area contributed by atoms with Gasteiger partial charge >= 0.3 is 0 Å². The van der Waals surface area contributed by atoms with Crippen LogP contribution in [0.5, 0.6) is 0 Å². The summed E-state index contributed by atoms with van der Waals surface area (Å²) in [6.45, 7) is 9.51. The highest BCUT2D eigenvalue weighted by molar-refractivity contribution is 14.0. The van der Waals surface area contributed by atoms with Crippen LogP contribution in [0.4, 0.5) is 4.39 Å². The summed E-state index contributed by atoms with van der Waals surface area (Å²) in [4.78, 5) is 8.94. The van der Waals surface area contributed by atoms with Crippen molar-refractivity contribution in [3.05, 3.63) is 35.6 Å². The molecule has 0 aromatic heterocycles. The Morgan fingerprint density at radius 3 is 2.41 bits per heavy atom. The number of halogens is 2. The predicted octanol–water partition coefficient (Wildman–Crippen LogP) is 2.57. The van der Waals surface area contributed by atoms with Crippen LogP contribution in [0.25, 0.3) is 0 Å². The lowest BCUT2D eigenvalue weighted by Crippen LogP contribution is -2.53. The SMILES string of the molecule is CN=C(NCC(c1cccc(F)c1)N(C)C)NCC(C(C)C)N1CCOCC1.I. The molecular weight excluding hydrogens is 484 g/mol. The summed E-state index contributed by atoms with van der Waals surface area (Å²) in [6.07, 6.45) is 0. The molecule has 0 saturated carbocycles. The van der Waals surface area contributed by atoms with Crippen molar-refractivity contribution < 1.29 is 9.13 Å². The molecule has 0 bridgehead atoms. The van der Waals surface area contributed by atoms with Gasteiger partial charge in [0.05, 0.1) is 19.3 Å². The van der Waals surface area contributed by atoms with Gasteiger partial charge < -0.3 is 20.3 Å². The summed E-state index contributed by atoms with van der Waals surface area (Å²) < 4.78 is 19.1.